The fourth-order valence-electron chi connectivity index (χ4n) is 8.32. The van der Waals surface area contributed by atoms with E-state index in [4.69, 9.17) is 4.74 Å². The molecular formula is C55H105NO5. The highest BCUT2D eigenvalue weighted by Crippen LogP contribution is 2.17. The number of hydrogen-bond donors (Lipinski definition) is 3. The summed E-state index contributed by atoms with van der Waals surface area (Å²) in [5, 5.41) is 23.2. The van der Waals surface area contributed by atoms with Gasteiger partial charge >= 0.3 is 5.97 Å². The first kappa shape index (κ1) is 59.3. The van der Waals surface area contributed by atoms with Crippen LogP contribution in [0.1, 0.15) is 290 Å². The zero-order valence-corrected chi connectivity index (χ0v) is 40.9. The van der Waals surface area contributed by atoms with E-state index in [1.807, 2.05) is 0 Å². The van der Waals surface area contributed by atoms with Crippen LogP contribution in [0.3, 0.4) is 0 Å². The number of carbonyl (C=O) groups is 2. The van der Waals surface area contributed by atoms with Crippen molar-refractivity contribution in [3.8, 4) is 0 Å². The number of carbonyl (C=O) groups excluding carboxylic acids is 2. The lowest BCUT2D eigenvalue weighted by Crippen LogP contribution is -2.45. The van der Waals surface area contributed by atoms with Crippen LogP contribution in [0.5, 0.6) is 0 Å². The van der Waals surface area contributed by atoms with E-state index in [2.05, 4.69) is 43.5 Å². The predicted octanol–water partition coefficient (Wildman–Crippen LogP) is 16.3. The molecular weight excluding hydrogens is 755 g/mol. The Balaban J connectivity index is 3.43. The first-order chi connectivity index (χ1) is 30.0. The topological polar surface area (TPSA) is 95.9 Å². The Morgan fingerprint density at radius 2 is 0.820 bits per heavy atom. The van der Waals surface area contributed by atoms with Gasteiger partial charge in [0.2, 0.25) is 5.91 Å². The van der Waals surface area contributed by atoms with Gasteiger partial charge in [-0.05, 0) is 57.8 Å². The number of unbranched alkanes of at least 4 members (excludes halogenated alkanes) is 35. The van der Waals surface area contributed by atoms with Crippen molar-refractivity contribution in [1.29, 1.82) is 0 Å². The Bertz CT molecular complexity index is 951. The van der Waals surface area contributed by atoms with Gasteiger partial charge in [-0.15, -0.1) is 0 Å². The van der Waals surface area contributed by atoms with E-state index in [-0.39, 0.29) is 18.5 Å². The number of aliphatic hydroxyl groups excluding tert-OH is 2. The lowest BCUT2D eigenvalue weighted by molar-refractivity contribution is -0.143. The maximum atomic E-state index is 12.4. The van der Waals surface area contributed by atoms with Crippen LogP contribution in [-0.4, -0.2) is 47.4 Å². The first-order valence-corrected chi connectivity index (χ1v) is 27.1. The zero-order chi connectivity index (χ0) is 44.4. The van der Waals surface area contributed by atoms with Gasteiger partial charge in [0.15, 0.2) is 0 Å². The van der Waals surface area contributed by atoms with Crippen molar-refractivity contribution < 1.29 is 24.5 Å². The van der Waals surface area contributed by atoms with Crippen LogP contribution in [-0.2, 0) is 14.3 Å². The lowest BCUT2D eigenvalue weighted by Gasteiger charge is -2.22. The largest absolute Gasteiger partial charge is 0.466 e. The molecule has 0 saturated heterocycles. The Morgan fingerprint density at radius 1 is 0.459 bits per heavy atom. The smallest absolute Gasteiger partial charge is 0.305 e. The molecule has 6 heteroatoms. The molecule has 0 aromatic heterocycles. The Kier molecular flexibility index (Phi) is 49.6. The summed E-state index contributed by atoms with van der Waals surface area (Å²) in [7, 11) is 0. The molecule has 0 bridgehead atoms. The third kappa shape index (κ3) is 47.7. The van der Waals surface area contributed by atoms with Crippen molar-refractivity contribution in [3.63, 3.8) is 0 Å². The Hall–Kier alpha value is -1.66. The molecule has 0 heterocycles. The van der Waals surface area contributed by atoms with Gasteiger partial charge in [-0.25, -0.2) is 0 Å². The van der Waals surface area contributed by atoms with Crippen LogP contribution in [0.25, 0.3) is 0 Å². The second kappa shape index (κ2) is 51.0. The fourth-order valence-corrected chi connectivity index (χ4v) is 8.32. The van der Waals surface area contributed by atoms with Crippen LogP contribution >= 0.6 is 0 Å². The number of rotatable bonds is 50. The fraction of sp³-hybridized carbons (Fsp3) is 0.891. The van der Waals surface area contributed by atoms with Crippen LogP contribution in [0, 0.1) is 0 Å². The molecule has 0 aromatic rings. The van der Waals surface area contributed by atoms with Gasteiger partial charge in [-0.3, -0.25) is 9.59 Å². The highest BCUT2D eigenvalue weighted by Gasteiger charge is 2.20. The summed E-state index contributed by atoms with van der Waals surface area (Å²) < 4.78 is 5.47. The van der Waals surface area contributed by atoms with E-state index in [1.165, 1.54) is 199 Å². The van der Waals surface area contributed by atoms with Gasteiger partial charge in [0.25, 0.3) is 0 Å². The maximum absolute atomic E-state index is 12.4. The average molecular weight is 860 g/mol. The Labute approximate surface area is 380 Å². The van der Waals surface area contributed by atoms with E-state index >= 15 is 0 Å². The average Bonchev–Trinajstić information content (AvgIpc) is 3.26. The summed E-state index contributed by atoms with van der Waals surface area (Å²) in [6, 6.07) is -0.547. The normalized spacial score (nSPS) is 12.8. The molecule has 2 atom stereocenters. The molecule has 0 aromatic carbocycles. The summed E-state index contributed by atoms with van der Waals surface area (Å²) >= 11 is 0. The lowest BCUT2D eigenvalue weighted by atomic mass is 10.0. The molecule has 0 saturated carbocycles. The van der Waals surface area contributed by atoms with Gasteiger partial charge < -0.3 is 20.3 Å². The molecule has 61 heavy (non-hydrogen) atoms. The van der Waals surface area contributed by atoms with E-state index in [0.29, 0.717) is 25.9 Å². The minimum atomic E-state index is -0.669. The molecule has 0 spiro atoms. The number of nitrogens with one attached hydrogen (secondary N) is 1. The Morgan fingerprint density at radius 3 is 1.26 bits per heavy atom. The molecule has 0 aliphatic carbocycles. The van der Waals surface area contributed by atoms with Crippen LogP contribution in [0.2, 0.25) is 0 Å². The van der Waals surface area contributed by atoms with Crippen LogP contribution in [0.4, 0.5) is 0 Å². The molecule has 0 radical (unpaired) electrons. The van der Waals surface area contributed by atoms with Gasteiger partial charge in [-0.2, -0.15) is 0 Å². The van der Waals surface area contributed by atoms with Gasteiger partial charge in [0.05, 0.1) is 25.4 Å². The van der Waals surface area contributed by atoms with Crippen LogP contribution < -0.4 is 5.32 Å². The second-order valence-electron chi connectivity index (χ2n) is 18.6. The molecule has 3 N–H and O–H groups in total. The first-order valence-electron chi connectivity index (χ1n) is 27.1. The molecule has 2 unspecified atom stereocenters. The standard InChI is InChI=1S/C55H105NO5/c1-3-5-7-9-11-13-15-17-18-21-25-29-33-37-41-45-49-55(60)61-50-46-42-38-34-30-26-22-19-20-24-28-32-36-40-44-48-54(59)56-52(51-57)53(58)47-43-39-35-31-27-23-16-14-12-10-8-6-4-2/h13,15,18,21,52-53,57-58H,3-12,14,16-17,19-20,22-51H2,1-2H3,(H,56,59)/b15-13-,21-18-. The molecule has 0 aliphatic rings. The summed E-state index contributed by atoms with van der Waals surface area (Å²) in [5.41, 5.74) is 0. The van der Waals surface area contributed by atoms with E-state index in [1.54, 1.807) is 0 Å². The number of esters is 1. The summed E-state index contributed by atoms with van der Waals surface area (Å²) in [5.74, 6) is -0.0566. The van der Waals surface area contributed by atoms with E-state index < -0.39 is 12.1 Å². The van der Waals surface area contributed by atoms with Crippen molar-refractivity contribution in [2.45, 2.75) is 302 Å². The SMILES string of the molecule is CCCCCC/C=C\C/C=C\CCCCCCCC(=O)OCCCCCCCCCCCCCCCCCC(=O)NC(CO)C(O)CCCCCCCCCCCCCCC. The molecule has 0 aliphatic heterocycles. The maximum Gasteiger partial charge on any atom is 0.305 e. The quantitative estimate of drug-likeness (QED) is 0.0322. The van der Waals surface area contributed by atoms with Crippen molar-refractivity contribution in [1.82, 2.24) is 5.32 Å². The summed E-state index contributed by atoms with van der Waals surface area (Å²) in [6.45, 7) is 4.91. The molecule has 0 fully saturated rings. The number of aliphatic hydroxyl groups is 2. The highest BCUT2D eigenvalue weighted by atomic mass is 16.5. The second-order valence-corrected chi connectivity index (χ2v) is 18.6. The van der Waals surface area contributed by atoms with E-state index in [0.717, 1.165) is 57.8 Å². The minimum absolute atomic E-state index is 0.0127. The number of allylic oxidation sites excluding steroid dienone is 4. The summed E-state index contributed by atoms with van der Waals surface area (Å²) in [4.78, 5) is 24.5. The van der Waals surface area contributed by atoms with Gasteiger partial charge in [0, 0.05) is 12.8 Å². The summed E-state index contributed by atoms with van der Waals surface area (Å²) in [6.07, 6.45) is 60.0. The highest BCUT2D eigenvalue weighted by molar-refractivity contribution is 5.76. The zero-order valence-electron chi connectivity index (χ0n) is 40.9. The third-order valence-corrected chi connectivity index (χ3v) is 12.5. The van der Waals surface area contributed by atoms with Crippen molar-refractivity contribution in [3.05, 3.63) is 24.3 Å². The molecule has 6 nitrogen and oxygen atoms in total. The molecule has 360 valence electrons. The number of amides is 1. The van der Waals surface area contributed by atoms with Gasteiger partial charge in [-0.1, -0.05) is 244 Å². The molecule has 0 rings (SSSR count). The van der Waals surface area contributed by atoms with Crippen molar-refractivity contribution >= 4 is 11.9 Å². The van der Waals surface area contributed by atoms with Crippen molar-refractivity contribution in [2.24, 2.45) is 0 Å². The van der Waals surface area contributed by atoms with Gasteiger partial charge in [0.1, 0.15) is 0 Å². The number of ether oxygens (including phenoxy) is 1. The minimum Gasteiger partial charge on any atom is -0.466 e. The predicted molar refractivity (Wildman–Crippen MR) is 264 cm³/mol. The van der Waals surface area contributed by atoms with Crippen LogP contribution in [0.15, 0.2) is 24.3 Å². The van der Waals surface area contributed by atoms with Crippen molar-refractivity contribution in [2.75, 3.05) is 13.2 Å². The third-order valence-electron chi connectivity index (χ3n) is 12.5. The monoisotopic (exact) mass is 860 g/mol. The molecule has 1 amide bonds. The van der Waals surface area contributed by atoms with E-state index in [9.17, 15) is 19.8 Å². The number of hydrogen-bond acceptors (Lipinski definition) is 5.